The van der Waals surface area contributed by atoms with Gasteiger partial charge in [-0.1, -0.05) is 6.07 Å². The normalized spacial score (nSPS) is 10.7. The molecule has 17 heavy (non-hydrogen) atoms. The molecule has 0 atom stereocenters. The van der Waals surface area contributed by atoms with E-state index in [1.807, 2.05) is 18.2 Å². The number of H-pyrrole nitrogens is 1. The summed E-state index contributed by atoms with van der Waals surface area (Å²) in [6.45, 7) is 2.27. The Morgan fingerprint density at radius 3 is 2.94 bits per heavy atom. The van der Waals surface area contributed by atoms with Gasteiger partial charge in [0.05, 0.1) is 6.61 Å². The van der Waals surface area contributed by atoms with E-state index in [-0.39, 0.29) is 12.6 Å². The largest absolute Gasteiger partial charge is 0.461 e. The third-order valence-electron chi connectivity index (χ3n) is 2.58. The lowest BCUT2D eigenvalue weighted by Crippen LogP contribution is -2.04. The van der Waals surface area contributed by atoms with Crippen molar-refractivity contribution in [3.63, 3.8) is 0 Å². The van der Waals surface area contributed by atoms with E-state index in [9.17, 15) is 4.79 Å². The van der Waals surface area contributed by atoms with Crippen LogP contribution in [0.2, 0.25) is 0 Å². The predicted octanol–water partition coefficient (Wildman–Crippen LogP) is 1.88. The van der Waals surface area contributed by atoms with Gasteiger partial charge in [-0.3, -0.25) is 0 Å². The fourth-order valence-electron chi connectivity index (χ4n) is 1.79. The van der Waals surface area contributed by atoms with Crippen LogP contribution in [-0.4, -0.2) is 29.3 Å². The summed E-state index contributed by atoms with van der Waals surface area (Å²) in [4.78, 5) is 14.5. The number of aromatic amines is 1. The van der Waals surface area contributed by atoms with Crippen LogP contribution < -0.4 is 0 Å². The molecule has 90 valence electrons. The first kappa shape index (κ1) is 11.7. The average Bonchev–Trinajstić information content (AvgIpc) is 2.73. The van der Waals surface area contributed by atoms with E-state index in [1.54, 1.807) is 13.0 Å². The van der Waals surface area contributed by atoms with Crippen molar-refractivity contribution >= 4 is 16.9 Å². The van der Waals surface area contributed by atoms with Crippen molar-refractivity contribution in [2.45, 2.75) is 13.3 Å². The van der Waals surface area contributed by atoms with Gasteiger partial charge >= 0.3 is 5.97 Å². The van der Waals surface area contributed by atoms with Crippen LogP contribution in [0.4, 0.5) is 0 Å². The lowest BCUT2D eigenvalue weighted by Gasteiger charge is -1.97. The minimum atomic E-state index is -0.340. The van der Waals surface area contributed by atoms with Crippen molar-refractivity contribution in [2.24, 2.45) is 0 Å². The van der Waals surface area contributed by atoms with Crippen LogP contribution in [-0.2, 0) is 11.2 Å². The van der Waals surface area contributed by atoms with Crippen LogP contribution in [0.25, 0.3) is 10.9 Å². The van der Waals surface area contributed by atoms with Crippen molar-refractivity contribution < 1.29 is 14.6 Å². The molecule has 0 unspecified atom stereocenters. The third-order valence-corrected chi connectivity index (χ3v) is 2.58. The number of carbonyl (C=O) groups is 1. The smallest absolute Gasteiger partial charge is 0.354 e. The Hall–Kier alpha value is -1.81. The summed E-state index contributed by atoms with van der Waals surface area (Å²) >= 11 is 0. The summed E-state index contributed by atoms with van der Waals surface area (Å²) in [6.07, 6.45) is 0.621. The zero-order valence-corrected chi connectivity index (χ0v) is 9.69. The van der Waals surface area contributed by atoms with Crippen molar-refractivity contribution in [3.05, 3.63) is 35.5 Å². The monoisotopic (exact) mass is 233 g/mol. The Bertz CT molecular complexity index is 530. The fraction of sp³-hybridized carbons (Fsp3) is 0.308. The van der Waals surface area contributed by atoms with Crippen molar-refractivity contribution in [1.82, 2.24) is 4.98 Å². The molecule has 1 heterocycles. The average molecular weight is 233 g/mol. The molecule has 1 aromatic heterocycles. The first-order chi connectivity index (χ1) is 8.24. The highest BCUT2D eigenvalue weighted by Gasteiger charge is 2.10. The van der Waals surface area contributed by atoms with E-state index >= 15 is 0 Å². The minimum absolute atomic E-state index is 0.126. The summed E-state index contributed by atoms with van der Waals surface area (Å²) in [5.74, 6) is -0.340. The van der Waals surface area contributed by atoms with Crippen molar-refractivity contribution in [3.8, 4) is 0 Å². The van der Waals surface area contributed by atoms with Crippen molar-refractivity contribution in [2.75, 3.05) is 13.2 Å². The maximum absolute atomic E-state index is 11.5. The van der Waals surface area contributed by atoms with Crippen LogP contribution in [0.3, 0.4) is 0 Å². The third kappa shape index (κ3) is 2.47. The molecule has 4 nitrogen and oxygen atoms in total. The number of rotatable bonds is 4. The highest BCUT2D eigenvalue weighted by molar-refractivity contribution is 5.94. The van der Waals surface area contributed by atoms with Gasteiger partial charge in [-0.25, -0.2) is 4.79 Å². The summed E-state index contributed by atoms with van der Waals surface area (Å²) in [7, 11) is 0. The van der Waals surface area contributed by atoms with Gasteiger partial charge in [0.2, 0.25) is 0 Å². The molecule has 4 heteroatoms. The van der Waals surface area contributed by atoms with E-state index in [2.05, 4.69) is 4.98 Å². The molecule has 2 rings (SSSR count). The SMILES string of the molecule is CCOC(=O)c1cc2cc(CCO)ccc2[nH]1. The zero-order chi connectivity index (χ0) is 12.3. The number of hydrogen-bond donors (Lipinski definition) is 2. The van der Waals surface area contributed by atoms with E-state index < -0.39 is 0 Å². The van der Waals surface area contributed by atoms with Crippen LogP contribution in [0.5, 0.6) is 0 Å². The number of aliphatic hydroxyl groups excluding tert-OH is 1. The summed E-state index contributed by atoms with van der Waals surface area (Å²) in [6, 6.07) is 7.58. The molecule has 0 fully saturated rings. The molecule has 0 aliphatic carbocycles. The van der Waals surface area contributed by atoms with Gasteiger partial charge in [0.1, 0.15) is 5.69 Å². The number of nitrogens with one attached hydrogen (secondary N) is 1. The van der Waals surface area contributed by atoms with Crippen LogP contribution >= 0.6 is 0 Å². The maximum atomic E-state index is 11.5. The summed E-state index contributed by atoms with van der Waals surface area (Å²) in [5, 5.41) is 9.83. The quantitative estimate of drug-likeness (QED) is 0.792. The lowest BCUT2D eigenvalue weighted by atomic mass is 10.1. The van der Waals surface area contributed by atoms with Gasteiger partial charge in [-0.2, -0.15) is 0 Å². The molecule has 0 spiro atoms. The second kappa shape index (κ2) is 5.01. The number of benzene rings is 1. The standard InChI is InChI=1S/C13H15NO3/c1-2-17-13(16)12-8-10-7-9(5-6-15)3-4-11(10)14-12/h3-4,7-8,14-15H,2,5-6H2,1H3. The zero-order valence-electron chi connectivity index (χ0n) is 9.69. The summed E-state index contributed by atoms with van der Waals surface area (Å²) < 4.78 is 4.93. The molecular formula is C13H15NO3. The Labute approximate surface area is 99.2 Å². The number of fused-ring (bicyclic) bond motifs is 1. The Morgan fingerprint density at radius 2 is 2.24 bits per heavy atom. The predicted molar refractivity (Wildman–Crippen MR) is 65.0 cm³/mol. The topological polar surface area (TPSA) is 62.3 Å². The number of aromatic nitrogens is 1. The van der Waals surface area contributed by atoms with Gasteiger partial charge in [0.15, 0.2) is 0 Å². The van der Waals surface area contributed by atoms with Gasteiger partial charge in [0.25, 0.3) is 0 Å². The lowest BCUT2D eigenvalue weighted by molar-refractivity contribution is 0.0520. The molecule has 0 aliphatic heterocycles. The minimum Gasteiger partial charge on any atom is -0.461 e. The Kier molecular flexibility index (Phi) is 3.44. The van der Waals surface area contributed by atoms with Gasteiger partial charge in [-0.15, -0.1) is 0 Å². The van der Waals surface area contributed by atoms with Crippen LogP contribution in [0, 0.1) is 0 Å². The Balaban J connectivity index is 2.33. The van der Waals surface area contributed by atoms with Crippen molar-refractivity contribution in [1.29, 1.82) is 0 Å². The Morgan fingerprint density at radius 1 is 1.41 bits per heavy atom. The number of ether oxygens (including phenoxy) is 1. The van der Waals surface area contributed by atoms with Gasteiger partial charge in [-0.05, 0) is 37.1 Å². The van der Waals surface area contributed by atoms with E-state index in [0.29, 0.717) is 18.7 Å². The van der Waals surface area contributed by atoms with Crippen LogP contribution in [0.1, 0.15) is 23.0 Å². The summed E-state index contributed by atoms with van der Waals surface area (Å²) in [5.41, 5.74) is 2.41. The molecule has 0 amide bonds. The molecule has 1 aromatic carbocycles. The maximum Gasteiger partial charge on any atom is 0.354 e. The van der Waals surface area contributed by atoms with E-state index in [4.69, 9.17) is 9.84 Å². The number of aliphatic hydroxyl groups is 1. The molecule has 2 aromatic rings. The number of hydrogen-bond acceptors (Lipinski definition) is 3. The molecule has 0 saturated carbocycles. The number of carbonyl (C=O) groups excluding carboxylic acids is 1. The van der Waals surface area contributed by atoms with Gasteiger partial charge in [0, 0.05) is 17.5 Å². The molecule has 0 bridgehead atoms. The first-order valence-corrected chi connectivity index (χ1v) is 5.64. The first-order valence-electron chi connectivity index (χ1n) is 5.64. The van der Waals surface area contributed by atoms with Crippen LogP contribution in [0.15, 0.2) is 24.3 Å². The molecular weight excluding hydrogens is 218 g/mol. The molecule has 0 radical (unpaired) electrons. The molecule has 0 saturated heterocycles. The van der Waals surface area contributed by atoms with E-state index in [1.165, 1.54) is 0 Å². The second-order valence-electron chi connectivity index (χ2n) is 3.80. The molecule has 0 aliphatic rings. The number of esters is 1. The van der Waals surface area contributed by atoms with E-state index in [0.717, 1.165) is 16.5 Å². The fourth-order valence-corrected chi connectivity index (χ4v) is 1.79. The highest BCUT2D eigenvalue weighted by Crippen LogP contribution is 2.18. The highest BCUT2D eigenvalue weighted by atomic mass is 16.5. The second-order valence-corrected chi connectivity index (χ2v) is 3.80. The molecule has 2 N–H and O–H groups in total. The van der Waals surface area contributed by atoms with Gasteiger partial charge < -0.3 is 14.8 Å².